The van der Waals surface area contributed by atoms with Crippen LogP contribution < -0.4 is 10.6 Å². The monoisotopic (exact) mass is 412 g/mol. The van der Waals surface area contributed by atoms with Gasteiger partial charge in [0.15, 0.2) is 5.96 Å². The van der Waals surface area contributed by atoms with E-state index in [0.717, 1.165) is 32.5 Å². The highest BCUT2D eigenvalue weighted by Crippen LogP contribution is 2.19. The third kappa shape index (κ3) is 6.73. The van der Waals surface area contributed by atoms with E-state index < -0.39 is 10.0 Å². The highest BCUT2D eigenvalue weighted by Gasteiger charge is 2.20. The molecular formula is C19H32N4O4S. The summed E-state index contributed by atoms with van der Waals surface area (Å²) in [6.45, 7) is 5.85. The van der Waals surface area contributed by atoms with Crippen molar-refractivity contribution >= 4 is 16.0 Å². The van der Waals surface area contributed by atoms with E-state index in [1.54, 1.807) is 18.2 Å². The molecule has 0 spiro atoms. The van der Waals surface area contributed by atoms with E-state index in [-0.39, 0.29) is 17.5 Å². The Hall–Kier alpha value is -1.68. The molecule has 0 aliphatic carbocycles. The van der Waals surface area contributed by atoms with E-state index >= 15 is 0 Å². The molecule has 1 unspecified atom stereocenters. The number of rotatable bonds is 10. The minimum Gasteiger partial charge on any atom is -0.379 e. The Bertz CT molecular complexity index is 731. The number of aliphatic imine (C=N–C) groups is 1. The van der Waals surface area contributed by atoms with Gasteiger partial charge in [-0.2, -0.15) is 0 Å². The molecular weight excluding hydrogens is 380 g/mol. The lowest BCUT2D eigenvalue weighted by atomic mass is 10.2. The van der Waals surface area contributed by atoms with E-state index in [0.29, 0.717) is 24.7 Å². The summed E-state index contributed by atoms with van der Waals surface area (Å²) >= 11 is 0. The SMILES string of the molecule is CCNC(=NCc1ccccc1S(=O)(=O)N(C)C)NCCCOC1CCOC1. The van der Waals surface area contributed by atoms with E-state index in [9.17, 15) is 8.42 Å². The minimum atomic E-state index is -3.50. The van der Waals surface area contributed by atoms with Crippen LogP contribution >= 0.6 is 0 Å². The van der Waals surface area contributed by atoms with Crippen molar-refractivity contribution < 1.29 is 17.9 Å². The minimum absolute atomic E-state index is 0.219. The fourth-order valence-electron chi connectivity index (χ4n) is 2.76. The second-order valence-electron chi connectivity index (χ2n) is 6.73. The van der Waals surface area contributed by atoms with Gasteiger partial charge in [0.1, 0.15) is 0 Å². The first-order valence-electron chi connectivity index (χ1n) is 9.67. The molecule has 1 atom stereocenters. The summed E-state index contributed by atoms with van der Waals surface area (Å²) in [5.41, 5.74) is 0.665. The summed E-state index contributed by atoms with van der Waals surface area (Å²) in [5, 5.41) is 6.45. The maximum atomic E-state index is 12.5. The molecule has 1 aromatic carbocycles. The van der Waals surface area contributed by atoms with Gasteiger partial charge in [-0.05, 0) is 31.4 Å². The highest BCUT2D eigenvalue weighted by molar-refractivity contribution is 7.89. The third-order valence-corrected chi connectivity index (χ3v) is 6.25. The van der Waals surface area contributed by atoms with Gasteiger partial charge in [-0.3, -0.25) is 0 Å². The zero-order valence-electron chi connectivity index (χ0n) is 17.0. The molecule has 1 aliphatic rings. The van der Waals surface area contributed by atoms with Crippen LogP contribution in [0.2, 0.25) is 0 Å². The van der Waals surface area contributed by atoms with Crippen molar-refractivity contribution in [2.45, 2.75) is 37.3 Å². The third-order valence-electron chi connectivity index (χ3n) is 4.34. The predicted molar refractivity (Wildman–Crippen MR) is 110 cm³/mol. The van der Waals surface area contributed by atoms with Crippen molar-refractivity contribution in [1.29, 1.82) is 0 Å². The first-order chi connectivity index (χ1) is 13.4. The lowest BCUT2D eigenvalue weighted by Crippen LogP contribution is -2.38. The lowest BCUT2D eigenvalue weighted by Gasteiger charge is -2.15. The Balaban J connectivity index is 1.91. The van der Waals surface area contributed by atoms with Crippen LogP contribution in [0.3, 0.4) is 0 Å². The summed E-state index contributed by atoms with van der Waals surface area (Å²) in [6, 6.07) is 6.96. The molecule has 1 aliphatic heterocycles. The van der Waals surface area contributed by atoms with Crippen molar-refractivity contribution in [3.05, 3.63) is 29.8 Å². The largest absolute Gasteiger partial charge is 0.379 e. The number of nitrogens with zero attached hydrogens (tertiary/aromatic N) is 2. The Labute approximate surface area is 168 Å². The number of sulfonamides is 1. The van der Waals surface area contributed by atoms with E-state index in [2.05, 4.69) is 15.6 Å². The zero-order chi connectivity index (χ0) is 20.4. The van der Waals surface area contributed by atoms with Gasteiger partial charge in [0.25, 0.3) is 0 Å². The maximum absolute atomic E-state index is 12.5. The Morgan fingerprint density at radius 3 is 2.79 bits per heavy atom. The fourth-order valence-corrected chi connectivity index (χ4v) is 3.87. The van der Waals surface area contributed by atoms with Gasteiger partial charge < -0.3 is 20.1 Å². The Kier molecular flexibility index (Phi) is 9.17. The lowest BCUT2D eigenvalue weighted by molar-refractivity contribution is 0.0420. The molecule has 1 aromatic rings. The van der Waals surface area contributed by atoms with Gasteiger partial charge in [0, 0.05) is 40.4 Å². The van der Waals surface area contributed by atoms with Crippen LogP contribution in [0, 0.1) is 0 Å². The quantitative estimate of drug-likeness (QED) is 0.341. The zero-order valence-corrected chi connectivity index (χ0v) is 17.8. The summed E-state index contributed by atoms with van der Waals surface area (Å²) in [5.74, 6) is 0.656. The molecule has 1 saturated heterocycles. The second-order valence-corrected chi connectivity index (χ2v) is 8.85. The van der Waals surface area contributed by atoms with Gasteiger partial charge in [-0.15, -0.1) is 0 Å². The normalized spacial score (nSPS) is 17.9. The maximum Gasteiger partial charge on any atom is 0.242 e. The Morgan fingerprint density at radius 2 is 2.11 bits per heavy atom. The number of hydrogen-bond acceptors (Lipinski definition) is 5. The number of ether oxygens (including phenoxy) is 2. The van der Waals surface area contributed by atoms with Gasteiger partial charge >= 0.3 is 0 Å². The van der Waals surface area contributed by atoms with Gasteiger partial charge in [0.2, 0.25) is 10.0 Å². The number of benzene rings is 1. The molecule has 0 radical (unpaired) electrons. The number of nitrogens with one attached hydrogen (secondary N) is 2. The van der Waals surface area contributed by atoms with Crippen LogP contribution in [-0.4, -0.2) is 71.8 Å². The molecule has 1 fully saturated rings. The van der Waals surface area contributed by atoms with Crippen LogP contribution in [0.4, 0.5) is 0 Å². The van der Waals surface area contributed by atoms with Crippen molar-refractivity contribution in [1.82, 2.24) is 14.9 Å². The van der Waals surface area contributed by atoms with E-state index in [4.69, 9.17) is 9.47 Å². The van der Waals surface area contributed by atoms with Gasteiger partial charge in [0.05, 0.1) is 24.2 Å². The topological polar surface area (TPSA) is 92.3 Å². The molecule has 8 nitrogen and oxygen atoms in total. The standard InChI is InChI=1S/C19H32N4O4S/c1-4-20-19(21-11-7-12-27-17-10-13-26-15-17)22-14-16-8-5-6-9-18(16)28(24,25)23(2)3/h5-6,8-9,17H,4,7,10-15H2,1-3H3,(H2,20,21,22). The smallest absolute Gasteiger partial charge is 0.242 e. The first-order valence-corrected chi connectivity index (χ1v) is 11.1. The molecule has 0 amide bonds. The summed E-state index contributed by atoms with van der Waals surface area (Å²) in [7, 11) is -0.447. The molecule has 1 heterocycles. The summed E-state index contributed by atoms with van der Waals surface area (Å²) in [4.78, 5) is 4.83. The van der Waals surface area contributed by atoms with Crippen LogP contribution in [0.25, 0.3) is 0 Å². The van der Waals surface area contributed by atoms with Crippen molar-refractivity contribution in [2.75, 3.05) is 47.0 Å². The van der Waals surface area contributed by atoms with Gasteiger partial charge in [-0.25, -0.2) is 17.7 Å². The van der Waals surface area contributed by atoms with Gasteiger partial charge in [-0.1, -0.05) is 18.2 Å². The van der Waals surface area contributed by atoms with E-state index in [1.165, 1.54) is 18.4 Å². The van der Waals surface area contributed by atoms with Crippen LogP contribution in [-0.2, 0) is 26.0 Å². The summed E-state index contributed by atoms with van der Waals surface area (Å²) in [6.07, 6.45) is 2.04. The molecule has 158 valence electrons. The van der Waals surface area contributed by atoms with Crippen LogP contribution in [0.5, 0.6) is 0 Å². The van der Waals surface area contributed by atoms with Crippen LogP contribution in [0.1, 0.15) is 25.3 Å². The fraction of sp³-hybridized carbons (Fsp3) is 0.632. The molecule has 0 bridgehead atoms. The second kappa shape index (κ2) is 11.4. The molecule has 2 N–H and O–H groups in total. The average molecular weight is 413 g/mol. The van der Waals surface area contributed by atoms with E-state index in [1.807, 2.05) is 13.0 Å². The molecule has 28 heavy (non-hydrogen) atoms. The first kappa shape index (κ1) is 22.6. The van der Waals surface area contributed by atoms with Crippen LogP contribution in [0.15, 0.2) is 34.2 Å². The molecule has 2 rings (SSSR count). The highest BCUT2D eigenvalue weighted by atomic mass is 32.2. The average Bonchev–Trinajstić information content (AvgIpc) is 3.19. The predicted octanol–water partition coefficient (Wildman–Crippen LogP) is 1.19. The number of hydrogen-bond donors (Lipinski definition) is 2. The van der Waals surface area contributed by atoms with Crippen molar-refractivity contribution in [2.24, 2.45) is 4.99 Å². The molecule has 0 aromatic heterocycles. The Morgan fingerprint density at radius 1 is 1.32 bits per heavy atom. The van der Waals surface area contributed by atoms with Crippen molar-refractivity contribution in [3.8, 4) is 0 Å². The number of guanidine groups is 1. The van der Waals surface area contributed by atoms with Crippen molar-refractivity contribution in [3.63, 3.8) is 0 Å². The molecule has 0 saturated carbocycles. The molecule has 9 heteroatoms. The summed E-state index contributed by atoms with van der Waals surface area (Å²) < 4.78 is 37.3.